The maximum Gasteiger partial charge on any atom is 0.228 e. The van der Waals surface area contributed by atoms with E-state index in [0.717, 1.165) is 23.6 Å². The summed E-state index contributed by atoms with van der Waals surface area (Å²) in [5.41, 5.74) is 1.81. The quantitative estimate of drug-likeness (QED) is 0.801. The molecule has 0 atom stereocenters. The van der Waals surface area contributed by atoms with Gasteiger partial charge in [-0.05, 0) is 37.5 Å². The molecule has 1 fully saturated rings. The van der Waals surface area contributed by atoms with Crippen LogP contribution in [0.4, 0.5) is 10.2 Å². The van der Waals surface area contributed by atoms with E-state index in [2.05, 4.69) is 20.3 Å². The Hall–Kier alpha value is -2.89. The number of nitrogens with one attached hydrogen (secondary N) is 1. The molecule has 4 rings (SSSR count). The monoisotopic (exact) mass is 322 g/mol. The van der Waals surface area contributed by atoms with Crippen LogP contribution in [0.15, 0.2) is 36.9 Å². The van der Waals surface area contributed by atoms with Crippen molar-refractivity contribution in [1.29, 1.82) is 0 Å². The summed E-state index contributed by atoms with van der Waals surface area (Å²) in [6.07, 6.45) is 8.08. The second-order valence-corrected chi connectivity index (χ2v) is 6.04. The number of carbonyl (C=O) groups excluding carboxylic acids is 1. The van der Waals surface area contributed by atoms with E-state index >= 15 is 0 Å². The lowest BCUT2D eigenvalue weighted by atomic mass is 10.1. The van der Waals surface area contributed by atoms with Crippen LogP contribution >= 0.6 is 0 Å². The van der Waals surface area contributed by atoms with Crippen LogP contribution in [0, 0.1) is 18.7 Å². The first-order valence-corrected chi connectivity index (χ1v) is 7.79. The minimum absolute atomic E-state index is 0.0212. The molecule has 120 valence electrons. The molecule has 3 aromatic heterocycles. The van der Waals surface area contributed by atoms with Crippen molar-refractivity contribution >= 4 is 22.5 Å². The molecular weight excluding hydrogens is 307 g/mol. The number of anilines is 1. The molecular formula is C18H15FN4O. The molecule has 3 aromatic rings. The molecule has 0 bridgehead atoms. The first-order chi connectivity index (χ1) is 11.6. The largest absolute Gasteiger partial charge is 0.310 e. The van der Waals surface area contributed by atoms with E-state index in [-0.39, 0.29) is 17.6 Å². The van der Waals surface area contributed by atoms with Crippen molar-refractivity contribution in [3.8, 4) is 11.3 Å². The summed E-state index contributed by atoms with van der Waals surface area (Å²) >= 11 is 0. The van der Waals surface area contributed by atoms with Crippen LogP contribution in [-0.4, -0.2) is 20.9 Å². The average Bonchev–Trinajstić information content (AvgIpc) is 3.42. The van der Waals surface area contributed by atoms with Crippen molar-refractivity contribution in [2.75, 3.05) is 5.32 Å². The fourth-order valence-corrected chi connectivity index (χ4v) is 2.58. The van der Waals surface area contributed by atoms with Crippen molar-refractivity contribution in [2.24, 2.45) is 5.92 Å². The fourth-order valence-electron chi connectivity index (χ4n) is 2.58. The van der Waals surface area contributed by atoms with Gasteiger partial charge in [0.25, 0.3) is 0 Å². The summed E-state index contributed by atoms with van der Waals surface area (Å²) < 4.78 is 13.7. The SMILES string of the molecule is Cc1c(F)cncc1-c1cc2cnc(NC(=O)C3CC3)cc2cn1. The molecule has 24 heavy (non-hydrogen) atoms. The molecule has 5 nitrogen and oxygen atoms in total. The van der Waals surface area contributed by atoms with Gasteiger partial charge >= 0.3 is 0 Å². The van der Waals surface area contributed by atoms with Gasteiger partial charge in [-0.3, -0.25) is 14.8 Å². The molecule has 0 aromatic carbocycles. The highest BCUT2D eigenvalue weighted by Crippen LogP contribution is 2.30. The Bertz CT molecular complexity index is 953. The summed E-state index contributed by atoms with van der Waals surface area (Å²) in [6.45, 7) is 1.70. The molecule has 3 heterocycles. The van der Waals surface area contributed by atoms with Gasteiger partial charge in [-0.1, -0.05) is 0 Å². The van der Waals surface area contributed by atoms with Gasteiger partial charge in [0, 0.05) is 40.8 Å². The van der Waals surface area contributed by atoms with Gasteiger partial charge in [0.15, 0.2) is 0 Å². The number of nitrogens with zero attached hydrogens (tertiary/aromatic N) is 3. The van der Waals surface area contributed by atoms with E-state index < -0.39 is 0 Å². The van der Waals surface area contributed by atoms with Gasteiger partial charge in [0.2, 0.25) is 5.91 Å². The van der Waals surface area contributed by atoms with Crippen LogP contribution in [0.25, 0.3) is 22.0 Å². The number of rotatable bonds is 3. The minimum atomic E-state index is -0.356. The van der Waals surface area contributed by atoms with Crippen LogP contribution < -0.4 is 5.32 Å². The molecule has 0 aliphatic heterocycles. The van der Waals surface area contributed by atoms with Crippen molar-refractivity contribution in [1.82, 2.24) is 15.0 Å². The van der Waals surface area contributed by atoms with Crippen molar-refractivity contribution in [2.45, 2.75) is 19.8 Å². The zero-order valence-electron chi connectivity index (χ0n) is 13.1. The standard InChI is InChI=1S/C18H15FN4O/c1-10-14(8-20-9-15(10)19)16-4-12-7-22-17(5-13(12)6-21-16)23-18(24)11-2-3-11/h4-9,11H,2-3H2,1H3,(H,22,23,24). The van der Waals surface area contributed by atoms with Gasteiger partial charge < -0.3 is 5.32 Å². The van der Waals surface area contributed by atoms with Crippen LogP contribution in [0.2, 0.25) is 0 Å². The van der Waals surface area contributed by atoms with Gasteiger partial charge in [-0.25, -0.2) is 9.37 Å². The van der Waals surface area contributed by atoms with E-state index in [1.54, 1.807) is 31.6 Å². The van der Waals surface area contributed by atoms with E-state index in [1.165, 1.54) is 6.20 Å². The van der Waals surface area contributed by atoms with Crippen molar-refractivity contribution < 1.29 is 9.18 Å². The lowest BCUT2D eigenvalue weighted by Gasteiger charge is -2.08. The molecule has 1 saturated carbocycles. The van der Waals surface area contributed by atoms with Crippen molar-refractivity contribution in [3.05, 3.63) is 48.3 Å². The minimum Gasteiger partial charge on any atom is -0.310 e. The highest BCUT2D eigenvalue weighted by molar-refractivity contribution is 5.95. The second-order valence-electron chi connectivity index (χ2n) is 6.04. The number of aromatic nitrogens is 3. The normalized spacial score (nSPS) is 13.9. The number of amides is 1. The third-order valence-corrected chi connectivity index (χ3v) is 4.23. The Morgan fingerprint density at radius 3 is 2.67 bits per heavy atom. The van der Waals surface area contributed by atoms with E-state index in [9.17, 15) is 9.18 Å². The van der Waals surface area contributed by atoms with Gasteiger partial charge in [0.1, 0.15) is 11.6 Å². The number of pyridine rings is 3. The average molecular weight is 322 g/mol. The molecule has 1 aliphatic rings. The van der Waals surface area contributed by atoms with Crippen LogP contribution in [0.5, 0.6) is 0 Å². The molecule has 1 N–H and O–H groups in total. The Morgan fingerprint density at radius 2 is 1.88 bits per heavy atom. The Morgan fingerprint density at radius 1 is 1.12 bits per heavy atom. The fraction of sp³-hybridized carbons (Fsp3) is 0.222. The van der Waals surface area contributed by atoms with Crippen LogP contribution in [0.3, 0.4) is 0 Å². The Kier molecular flexibility index (Phi) is 3.45. The van der Waals surface area contributed by atoms with E-state index in [1.807, 2.05) is 6.07 Å². The summed E-state index contributed by atoms with van der Waals surface area (Å²) in [6, 6.07) is 3.64. The molecule has 0 spiro atoms. The van der Waals surface area contributed by atoms with Gasteiger partial charge in [0.05, 0.1) is 11.9 Å². The first kappa shape index (κ1) is 14.7. The highest BCUT2D eigenvalue weighted by atomic mass is 19.1. The van der Waals surface area contributed by atoms with E-state index in [0.29, 0.717) is 22.6 Å². The number of halogens is 1. The summed E-state index contributed by atoms with van der Waals surface area (Å²) in [4.78, 5) is 24.4. The number of hydrogen-bond acceptors (Lipinski definition) is 4. The molecule has 6 heteroatoms. The predicted molar refractivity (Wildman–Crippen MR) is 88.8 cm³/mol. The van der Waals surface area contributed by atoms with Gasteiger partial charge in [-0.2, -0.15) is 0 Å². The molecule has 1 amide bonds. The summed E-state index contributed by atoms with van der Waals surface area (Å²) in [7, 11) is 0. The maximum absolute atomic E-state index is 13.7. The Balaban J connectivity index is 1.68. The molecule has 1 aliphatic carbocycles. The smallest absolute Gasteiger partial charge is 0.228 e. The molecule has 0 saturated heterocycles. The second kappa shape index (κ2) is 5.63. The summed E-state index contributed by atoms with van der Waals surface area (Å²) in [5, 5.41) is 4.55. The highest BCUT2D eigenvalue weighted by Gasteiger charge is 2.29. The third-order valence-electron chi connectivity index (χ3n) is 4.23. The van der Waals surface area contributed by atoms with Crippen LogP contribution in [0.1, 0.15) is 18.4 Å². The zero-order valence-corrected chi connectivity index (χ0v) is 13.1. The summed E-state index contributed by atoms with van der Waals surface area (Å²) in [5.74, 6) is 0.322. The van der Waals surface area contributed by atoms with Crippen molar-refractivity contribution in [3.63, 3.8) is 0 Å². The lowest BCUT2D eigenvalue weighted by Crippen LogP contribution is -2.14. The zero-order chi connectivity index (χ0) is 16.7. The number of fused-ring (bicyclic) bond motifs is 1. The lowest BCUT2D eigenvalue weighted by molar-refractivity contribution is -0.117. The topological polar surface area (TPSA) is 67.8 Å². The third kappa shape index (κ3) is 2.71. The van der Waals surface area contributed by atoms with E-state index in [4.69, 9.17) is 0 Å². The molecule has 0 unspecified atom stereocenters. The molecule has 0 radical (unpaired) electrons. The van der Waals surface area contributed by atoms with Gasteiger partial charge in [-0.15, -0.1) is 0 Å². The van der Waals surface area contributed by atoms with Crippen LogP contribution in [-0.2, 0) is 4.79 Å². The first-order valence-electron chi connectivity index (χ1n) is 7.79. The predicted octanol–water partition coefficient (Wildman–Crippen LogP) is 3.49. The maximum atomic E-state index is 13.7. The Labute approximate surface area is 138 Å². The number of carbonyl (C=O) groups is 1. The number of hydrogen-bond donors (Lipinski definition) is 1.